The lowest BCUT2D eigenvalue weighted by Gasteiger charge is -2.36. The van der Waals surface area contributed by atoms with Gasteiger partial charge in [-0.15, -0.1) is 0 Å². The van der Waals surface area contributed by atoms with Gasteiger partial charge in [0.15, 0.2) is 46.5 Å². The molecule has 0 amide bonds. The first-order valence-electron chi connectivity index (χ1n) is 37.8. The van der Waals surface area contributed by atoms with E-state index in [0.717, 1.165) is 87.6 Å². The van der Waals surface area contributed by atoms with Crippen LogP contribution in [0.3, 0.4) is 0 Å². The van der Waals surface area contributed by atoms with Crippen LogP contribution in [0.5, 0.6) is 0 Å². The Kier molecular flexibility index (Phi) is 19.0. The third kappa shape index (κ3) is 12.4. The number of aromatic nitrogens is 2. The van der Waals surface area contributed by atoms with Crippen molar-refractivity contribution in [2.75, 3.05) is 0 Å². The number of allylic oxidation sites excluding steroid dienone is 12. The van der Waals surface area contributed by atoms with Gasteiger partial charge in [0.1, 0.15) is 16.1 Å². The van der Waals surface area contributed by atoms with Crippen molar-refractivity contribution in [1.82, 2.24) is 9.97 Å². The number of hydrogen-bond donors (Lipinski definition) is 2. The fourth-order valence-corrected chi connectivity index (χ4v) is 25.4. The molecule has 2 N–H and O–H groups in total. The molecule has 2 aromatic heterocycles. The zero-order valence-corrected chi connectivity index (χ0v) is 65.4. The highest BCUT2D eigenvalue weighted by molar-refractivity contribution is 6.95. The number of rotatable bonds is 10. The number of H-pyrrole nitrogens is 2. The predicted molar refractivity (Wildman–Crippen MR) is 442 cm³/mol. The lowest BCUT2D eigenvalue weighted by Crippen LogP contribution is -2.38. The van der Waals surface area contributed by atoms with Crippen molar-refractivity contribution in [3.05, 3.63) is 447 Å². The van der Waals surface area contributed by atoms with E-state index in [9.17, 15) is 0 Å². The molecular weight excluding hydrogens is 1480 g/mol. The Labute approximate surface area is 656 Å². The number of hydrogen-bond acceptors (Lipinski definition) is 2. The highest BCUT2D eigenvalue weighted by Crippen LogP contribution is 2.61. The highest BCUT2D eigenvalue weighted by Gasteiger charge is 2.52. The summed E-state index contributed by atoms with van der Waals surface area (Å²) in [5.41, 5.74) is 10.4. The Morgan fingerprint density at radius 1 is 0.289 bits per heavy atom. The summed E-state index contributed by atoms with van der Waals surface area (Å²) >= 11 is 0. The monoisotopic (exact) mass is 1550 g/mol. The molecule has 12 aromatic rings. The summed E-state index contributed by atoms with van der Waals surface area (Å²) < 4.78 is 170. The molecule has 10 aromatic carbocycles. The standard InChI is InChI=1S/C98H74F10N4Si2/c1-53-29-37-61(38-30-53)73-65-45-48-68(109-65)81(83-85(99)89(103)93(107)90(104)86(83)100)69-49-47-67(111-69)75(63-41-33-55(3)34-42-63)97-78(59-25-17-11-18-26-59)79(60-27-19-12-20-28-60)98(114(97,7)8)80(64-43-35-56(4)36-44-64)95-76(57-21-13-9-14-22-57)77(58-23-15-10-16-24-58)96(112-95)82(84-87(101)91(105)94(108)92(106)88(84)102)70-50-46-66(110-70)74(62-39-31-54(2)32-40-62)72-52-51-71(73)113(72,5)6/h9-52,73-75,80,111-112H,1-8H3/b81-68+,82-70-. The molecule has 0 saturated carbocycles. The van der Waals surface area contributed by atoms with Gasteiger partial charge in [0, 0.05) is 63.0 Å². The average Bonchev–Trinajstić information content (AvgIpc) is 1.54. The molecule has 4 atom stereocenters. The molecule has 4 nitrogen and oxygen atoms in total. The van der Waals surface area contributed by atoms with Crippen LogP contribution in [-0.2, 0) is 0 Å². The van der Waals surface area contributed by atoms with Crippen LogP contribution in [0.4, 0.5) is 43.9 Å². The normalized spacial score (nSPS) is 19.7. The van der Waals surface area contributed by atoms with Gasteiger partial charge < -0.3 is 9.97 Å². The van der Waals surface area contributed by atoms with Crippen LogP contribution in [0.2, 0.25) is 26.2 Å². The van der Waals surface area contributed by atoms with Gasteiger partial charge >= 0.3 is 0 Å². The van der Waals surface area contributed by atoms with Crippen LogP contribution in [0.1, 0.15) is 113 Å². The van der Waals surface area contributed by atoms with Gasteiger partial charge in [-0.25, -0.2) is 43.9 Å². The first-order chi connectivity index (χ1) is 54.9. The summed E-state index contributed by atoms with van der Waals surface area (Å²) in [5.74, 6) is -24.7. The maximum atomic E-state index is 18.2. The summed E-state index contributed by atoms with van der Waals surface area (Å²) in [5, 5.41) is 3.63. The van der Waals surface area contributed by atoms with Gasteiger partial charge in [0.2, 0.25) is 11.6 Å². The maximum Gasteiger partial charge on any atom is 0.200 e. The zero-order chi connectivity index (χ0) is 79.5. The van der Waals surface area contributed by atoms with Crippen molar-refractivity contribution in [1.29, 1.82) is 0 Å². The molecule has 17 rings (SSSR count). The van der Waals surface area contributed by atoms with E-state index in [2.05, 4.69) is 48.3 Å². The average molecular weight is 1550 g/mol. The lowest BCUT2D eigenvalue weighted by molar-refractivity contribution is 0.376. The Morgan fingerprint density at radius 3 is 1.03 bits per heavy atom. The smallest absolute Gasteiger partial charge is 0.200 e. The number of nitrogens with zero attached hydrogens (tertiary/aromatic N) is 2. The Bertz CT molecular complexity index is 6220. The number of aliphatic imine (C=N–C) groups is 2. The largest absolute Gasteiger partial charge is 0.358 e. The number of aromatic amines is 2. The minimum Gasteiger partial charge on any atom is -0.358 e. The minimum atomic E-state index is -3.72. The fourth-order valence-electron chi connectivity index (χ4n) is 17.8. The number of benzene rings is 10. The molecule has 16 heteroatoms. The summed E-state index contributed by atoms with van der Waals surface area (Å²) in [6.07, 6.45) is 10.7. The third-order valence-corrected chi connectivity index (χ3v) is 30.9. The maximum absolute atomic E-state index is 18.2. The van der Waals surface area contributed by atoms with Gasteiger partial charge in [0.05, 0.1) is 39.6 Å². The SMILES string of the molecule is Cc1ccc(C2C3=CC=C(C(c4ccc(C)cc4)C4=N/C(=C(/c5c(F)c(F)c(F)c(F)c5F)c5[nH]c(c(-c6ccccc6)c5-c5ccccc5)C(c5ccc(C)cc5)C5=C(c6ccccc6)C(c6ccccc6)=C(C(c6ccc(C)cc6)c6ccc([nH]6)/C(c6c(F)c(F)c(F)c(F)c6F)=C6/C=CC2=N6)[Si]5(C)C)C=C4)[Si]3(C)C)cc1. The van der Waals surface area contributed by atoms with E-state index < -0.39 is 115 Å². The quantitative estimate of drug-likeness (QED) is 0.0593. The molecule has 0 aliphatic carbocycles. The molecular formula is C98H74F10N4Si2. The fraction of sp³-hybridized carbons (Fsp3) is 0.122. The van der Waals surface area contributed by atoms with Gasteiger partial charge in [-0.3, -0.25) is 9.98 Å². The van der Waals surface area contributed by atoms with E-state index >= 15 is 43.9 Å². The van der Waals surface area contributed by atoms with Gasteiger partial charge in [-0.05, 0) is 120 Å². The second-order valence-electron chi connectivity index (χ2n) is 31.1. The molecule has 12 bridgehead atoms. The number of halogens is 10. The zero-order valence-electron chi connectivity index (χ0n) is 63.4. The second kappa shape index (κ2) is 29.1. The molecule has 7 heterocycles. The van der Waals surface area contributed by atoms with Crippen molar-refractivity contribution in [2.24, 2.45) is 9.98 Å². The van der Waals surface area contributed by atoms with Crippen LogP contribution >= 0.6 is 0 Å². The van der Waals surface area contributed by atoms with Crippen molar-refractivity contribution in [2.45, 2.75) is 77.6 Å². The molecule has 0 radical (unpaired) electrons. The first-order valence-corrected chi connectivity index (χ1v) is 43.8. The Morgan fingerprint density at radius 2 is 0.623 bits per heavy atom. The van der Waals surface area contributed by atoms with Crippen LogP contribution in [0.15, 0.2) is 309 Å². The van der Waals surface area contributed by atoms with Crippen LogP contribution in [-0.4, -0.2) is 37.5 Å². The van der Waals surface area contributed by atoms with Gasteiger partial charge in [-0.2, -0.15) is 0 Å². The molecule has 5 aliphatic rings. The summed E-state index contributed by atoms with van der Waals surface area (Å²) in [4.78, 5) is 18.4. The van der Waals surface area contributed by atoms with Crippen molar-refractivity contribution >= 4 is 49.9 Å². The minimum absolute atomic E-state index is 0.00398. The van der Waals surface area contributed by atoms with E-state index in [1.807, 2.05) is 246 Å². The molecule has 5 aliphatic heterocycles. The number of aryl methyl sites for hydroxylation is 4. The Hall–Kier alpha value is -12.2. The van der Waals surface area contributed by atoms with Crippen LogP contribution in [0, 0.1) is 85.9 Å². The van der Waals surface area contributed by atoms with Crippen molar-refractivity contribution in [3.8, 4) is 22.3 Å². The van der Waals surface area contributed by atoms with E-state index in [4.69, 9.17) is 9.98 Å². The number of nitrogens with one attached hydrogen (secondary N) is 2. The molecule has 4 unspecified atom stereocenters. The Balaban J connectivity index is 1.07. The van der Waals surface area contributed by atoms with E-state index in [1.165, 1.54) is 0 Å². The van der Waals surface area contributed by atoms with Gasteiger partial charge in [0.25, 0.3) is 0 Å². The topological polar surface area (TPSA) is 56.3 Å². The second-order valence-corrected chi connectivity index (χ2v) is 39.8. The molecule has 564 valence electrons. The highest BCUT2D eigenvalue weighted by atomic mass is 28.3. The van der Waals surface area contributed by atoms with Crippen LogP contribution in [0.25, 0.3) is 44.5 Å². The molecule has 0 spiro atoms. The summed E-state index contributed by atoms with van der Waals surface area (Å²) in [6.45, 7) is 16.7. The first kappa shape index (κ1) is 74.5. The van der Waals surface area contributed by atoms with E-state index in [1.54, 1.807) is 36.4 Å². The molecule has 0 saturated heterocycles. The van der Waals surface area contributed by atoms with Crippen LogP contribution < -0.4 is 0 Å². The van der Waals surface area contributed by atoms with Gasteiger partial charge in [-0.1, -0.05) is 300 Å². The molecule has 0 fully saturated rings. The van der Waals surface area contributed by atoms with Crippen molar-refractivity contribution in [3.63, 3.8) is 0 Å². The summed E-state index contributed by atoms with van der Waals surface area (Å²) in [7, 11) is -6.95. The number of fused-ring (bicyclic) bond motifs is 10. The predicted octanol–water partition coefficient (Wildman–Crippen LogP) is 25.7. The van der Waals surface area contributed by atoms with E-state index in [-0.39, 0.29) is 28.4 Å². The van der Waals surface area contributed by atoms with Crippen molar-refractivity contribution < 1.29 is 43.9 Å². The lowest BCUT2D eigenvalue weighted by atomic mass is 9.81. The molecule has 114 heavy (non-hydrogen) atoms. The summed E-state index contributed by atoms with van der Waals surface area (Å²) in [6, 6.07) is 73.9. The van der Waals surface area contributed by atoms with E-state index in [0.29, 0.717) is 45.1 Å². The third-order valence-electron chi connectivity index (χ3n) is 23.3.